The van der Waals surface area contributed by atoms with Crippen molar-refractivity contribution >= 4 is 21.9 Å². The van der Waals surface area contributed by atoms with E-state index in [1.807, 2.05) is 0 Å². The summed E-state index contributed by atoms with van der Waals surface area (Å²) in [5.41, 5.74) is -2.40. The Bertz CT molecular complexity index is 460. The number of esters is 1. The number of hydrogen-bond donors (Lipinski definition) is 0. The SMILES string of the molecule is CCCS(=O)(=O)OCC(C)(C(C)=O)C(=O)OC(C)(C)C. The van der Waals surface area contributed by atoms with E-state index in [1.54, 1.807) is 27.7 Å². The number of rotatable bonds is 7. The molecule has 7 heteroatoms. The normalized spacial score (nSPS) is 15.5. The van der Waals surface area contributed by atoms with E-state index in [0.29, 0.717) is 6.42 Å². The van der Waals surface area contributed by atoms with Crippen LogP contribution in [0.3, 0.4) is 0 Å². The van der Waals surface area contributed by atoms with Gasteiger partial charge in [-0.2, -0.15) is 8.42 Å². The topological polar surface area (TPSA) is 86.7 Å². The molecule has 0 aromatic rings. The minimum absolute atomic E-state index is 0.157. The highest BCUT2D eigenvalue weighted by molar-refractivity contribution is 7.86. The summed E-state index contributed by atoms with van der Waals surface area (Å²) in [6.45, 7) is 8.68. The van der Waals surface area contributed by atoms with Crippen LogP contribution in [0.2, 0.25) is 0 Å². The van der Waals surface area contributed by atoms with Crippen molar-refractivity contribution < 1.29 is 26.9 Å². The van der Waals surface area contributed by atoms with Crippen LogP contribution < -0.4 is 0 Å². The van der Waals surface area contributed by atoms with Gasteiger partial charge in [0, 0.05) is 0 Å². The molecule has 118 valence electrons. The zero-order valence-electron chi connectivity index (χ0n) is 13.0. The zero-order valence-corrected chi connectivity index (χ0v) is 13.8. The second-order valence-corrected chi connectivity index (χ2v) is 7.67. The van der Waals surface area contributed by atoms with Gasteiger partial charge in [-0.25, -0.2) is 0 Å². The highest BCUT2D eigenvalue weighted by Gasteiger charge is 2.43. The fourth-order valence-electron chi connectivity index (χ4n) is 1.21. The first kappa shape index (κ1) is 19.1. The fourth-order valence-corrected chi connectivity index (χ4v) is 2.24. The van der Waals surface area contributed by atoms with Crippen LogP contribution in [-0.4, -0.2) is 38.1 Å². The van der Waals surface area contributed by atoms with Crippen LogP contribution in [0.25, 0.3) is 0 Å². The van der Waals surface area contributed by atoms with Gasteiger partial charge in [0.05, 0.1) is 12.4 Å². The van der Waals surface area contributed by atoms with Crippen molar-refractivity contribution in [3.05, 3.63) is 0 Å². The average molecular weight is 308 g/mol. The zero-order chi connectivity index (χ0) is 16.2. The predicted molar refractivity (Wildman–Crippen MR) is 74.7 cm³/mol. The molecule has 0 heterocycles. The Morgan fingerprint density at radius 2 is 1.60 bits per heavy atom. The lowest BCUT2D eigenvalue weighted by atomic mass is 9.87. The quantitative estimate of drug-likeness (QED) is 0.404. The molecule has 6 nitrogen and oxygen atoms in total. The van der Waals surface area contributed by atoms with Crippen LogP contribution in [0.15, 0.2) is 0 Å². The van der Waals surface area contributed by atoms with E-state index in [4.69, 9.17) is 8.92 Å². The summed E-state index contributed by atoms with van der Waals surface area (Å²) in [6.07, 6.45) is 0.394. The largest absolute Gasteiger partial charge is 0.459 e. The van der Waals surface area contributed by atoms with Crippen molar-refractivity contribution in [1.29, 1.82) is 0 Å². The molecule has 0 aliphatic carbocycles. The summed E-state index contributed by atoms with van der Waals surface area (Å²) >= 11 is 0. The predicted octanol–water partition coefficient (Wildman–Crippen LogP) is 1.68. The average Bonchev–Trinajstić information content (AvgIpc) is 2.23. The van der Waals surface area contributed by atoms with Crippen LogP contribution in [0, 0.1) is 5.41 Å². The monoisotopic (exact) mass is 308 g/mol. The van der Waals surface area contributed by atoms with E-state index >= 15 is 0 Å². The van der Waals surface area contributed by atoms with Crippen molar-refractivity contribution in [1.82, 2.24) is 0 Å². The third-order valence-electron chi connectivity index (χ3n) is 2.61. The number of ketones is 1. The summed E-state index contributed by atoms with van der Waals surface area (Å²) < 4.78 is 33.0. The summed E-state index contributed by atoms with van der Waals surface area (Å²) in [6, 6.07) is 0. The highest BCUT2D eigenvalue weighted by Crippen LogP contribution is 2.25. The third kappa shape index (κ3) is 6.00. The number of hydrogen-bond acceptors (Lipinski definition) is 6. The number of Topliss-reactive ketones (excluding diaryl/α,β-unsaturated/α-hetero) is 1. The molecule has 1 atom stereocenters. The lowest BCUT2D eigenvalue weighted by Gasteiger charge is -2.29. The van der Waals surface area contributed by atoms with Crippen LogP contribution in [0.5, 0.6) is 0 Å². The van der Waals surface area contributed by atoms with E-state index in [2.05, 4.69) is 0 Å². The fraction of sp³-hybridized carbons (Fsp3) is 0.846. The summed E-state index contributed by atoms with van der Waals surface area (Å²) in [5, 5.41) is 0. The first-order valence-electron chi connectivity index (χ1n) is 6.45. The molecule has 0 saturated carbocycles. The summed E-state index contributed by atoms with van der Waals surface area (Å²) in [4.78, 5) is 23.8. The van der Waals surface area contributed by atoms with Crippen LogP contribution >= 0.6 is 0 Å². The summed E-state index contributed by atoms with van der Waals surface area (Å²) in [7, 11) is -3.74. The molecule has 0 amide bonds. The van der Waals surface area contributed by atoms with E-state index in [0.717, 1.165) is 0 Å². The Kier molecular flexibility index (Phi) is 6.35. The van der Waals surface area contributed by atoms with Gasteiger partial charge < -0.3 is 4.74 Å². The molecule has 0 rings (SSSR count). The van der Waals surface area contributed by atoms with Crippen molar-refractivity contribution in [3.8, 4) is 0 Å². The maximum absolute atomic E-state index is 12.1. The van der Waals surface area contributed by atoms with Gasteiger partial charge in [0.2, 0.25) is 0 Å². The molecule has 20 heavy (non-hydrogen) atoms. The van der Waals surface area contributed by atoms with Crippen LogP contribution in [-0.2, 0) is 28.6 Å². The molecule has 0 aromatic heterocycles. The Hall–Kier alpha value is -0.950. The van der Waals surface area contributed by atoms with E-state index in [-0.39, 0.29) is 5.75 Å². The minimum Gasteiger partial charge on any atom is -0.459 e. The number of carbonyl (C=O) groups excluding carboxylic acids is 2. The van der Waals surface area contributed by atoms with Crippen LogP contribution in [0.4, 0.5) is 0 Å². The second-order valence-electron chi connectivity index (χ2n) is 5.91. The van der Waals surface area contributed by atoms with Gasteiger partial charge in [-0.1, -0.05) is 6.92 Å². The maximum atomic E-state index is 12.1. The van der Waals surface area contributed by atoms with Gasteiger partial charge in [-0.15, -0.1) is 0 Å². The Balaban J connectivity index is 5.05. The molecule has 0 fully saturated rings. The van der Waals surface area contributed by atoms with Crippen molar-refractivity contribution in [3.63, 3.8) is 0 Å². The molecule has 0 spiro atoms. The molecule has 1 unspecified atom stereocenters. The van der Waals surface area contributed by atoms with Crippen molar-refractivity contribution in [2.45, 2.75) is 53.6 Å². The van der Waals surface area contributed by atoms with Gasteiger partial charge in [0.1, 0.15) is 16.8 Å². The Morgan fingerprint density at radius 1 is 1.10 bits per heavy atom. The number of carbonyl (C=O) groups is 2. The minimum atomic E-state index is -3.74. The molecular formula is C13H24O6S. The first-order valence-corrected chi connectivity index (χ1v) is 8.03. The van der Waals surface area contributed by atoms with Gasteiger partial charge in [0.25, 0.3) is 10.1 Å². The van der Waals surface area contributed by atoms with E-state index < -0.39 is 39.5 Å². The van der Waals surface area contributed by atoms with Crippen molar-refractivity contribution in [2.24, 2.45) is 5.41 Å². The van der Waals surface area contributed by atoms with Gasteiger partial charge in [0.15, 0.2) is 0 Å². The molecule has 0 saturated heterocycles. The standard InChI is InChI=1S/C13H24O6S/c1-7-8-20(16,17)18-9-13(6,10(2)14)11(15)19-12(3,4)5/h7-9H2,1-6H3. The van der Waals surface area contributed by atoms with Crippen molar-refractivity contribution in [2.75, 3.05) is 12.4 Å². The molecule has 0 N–H and O–H groups in total. The second kappa shape index (κ2) is 6.67. The van der Waals surface area contributed by atoms with Gasteiger partial charge in [-0.3, -0.25) is 13.8 Å². The maximum Gasteiger partial charge on any atom is 0.322 e. The lowest BCUT2D eigenvalue weighted by molar-refractivity contribution is -0.170. The van der Waals surface area contributed by atoms with Crippen LogP contribution in [0.1, 0.15) is 48.0 Å². The smallest absolute Gasteiger partial charge is 0.322 e. The highest BCUT2D eigenvalue weighted by atomic mass is 32.2. The molecule has 0 aromatic carbocycles. The molecule has 0 aliphatic heterocycles. The third-order valence-corrected chi connectivity index (χ3v) is 3.99. The lowest BCUT2D eigenvalue weighted by Crippen LogP contribution is -2.44. The number of ether oxygens (including phenoxy) is 1. The van der Waals surface area contributed by atoms with Gasteiger partial charge >= 0.3 is 5.97 Å². The molecule has 0 radical (unpaired) electrons. The Morgan fingerprint density at radius 3 is 1.95 bits per heavy atom. The molecular weight excluding hydrogens is 284 g/mol. The molecule has 0 bridgehead atoms. The van der Waals surface area contributed by atoms with E-state index in [9.17, 15) is 18.0 Å². The Labute approximate surface area is 121 Å². The first-order chi connectivity index (χ1) is 8.84. The summed E-state index contributed by atoms with van der Waals surface area (Å²) in [5.74, 6) is -1.45. The van der Waals surface area contributed by atoms with E-state index in [1.165, 1.54) is 13.8 Å². The van der Waals surface area contributed by atoms with Gasteiger partial charge in [-0.05, 0) is 41.0 Å². The molecule has 0 aliphatic rings.